The third-order valence-electron chi connectivity index (χ3n) is 2.52. The first kappa shape index (κ1) is 15.4. The highest BCUT2D eigenvalue weighted by molar-refractivity contribution is 7.99. The summed E-state index contributed by atoms with van der Waals surface area (Å²) < 4.78 is 5.33. The maximum atomic E-state index is 6.30. The molecule has 1 N–H and O–H groups in total. The zero-order valence-electron chi connectivity index (χ0n) is 12.0. The van der Waals surface area contributed by atoms with Crippen molar-refractivity contribution < 1.29 is 4.42 Å². The molecular weight excluding hydrogens is 294 g/mol. The van der Waals surface area contributed by atoms with Crippen LogP contribution in [0.1, 0.15) is 32.2 Å². The number of rotatable bonds is 4. The zero-order chi connectivity index (χ0) is 14.8. The average Bonchev–Trinajstić information content (AvgIpc) is 2.74. The van der Waals surface area contributed by atoms with Crippen molar-refractivity contribution in [2.75, 3.05) is 0 Å². The van der Waals surface area contributed by atoms with E-state index in [2.05, 4.69) is 42.4 Å². The summed E-state index contributed by atoms with van der Waals surface area (Å²) in [5.41, 5.74) is 1.23. The van der Waals surface area contributed by atoms with Crippen molar-refractivity contribution in [1.29, 1.82) is 0 Å². The Morgan fingerprint density at radius 3 is 2.60 bits per heavy atom. The Morgan fingerprint density at radius 1 is 1.30 bits per heavy atom. The van der Waals surface area contributed by atoms with Gasteiger partial charge in [0, 0.05) is 23.9 Å². The first-order chi connectivity index (χ1) is 9.33. The molecule has 0 unspecified atom stereocenters. The summed E-state index contributed by atoms with van der Waals surface area (Å²) in [6, 6.07) is 5.99. The topological polar surface area (TPSA) is 51.0 Å². The Bertz CT molecular complexity index is 592. The van der Waals surface area contributed by atoms with Gasteiger partial charge in [0.15, 0.2) is 0 Å². The molecule has 0 spiro atoms. The van der Waals surface area contributed by atoms with Crippen LogP contribution in [0, 0.1) is 6.92 Å². The third kappa shape index (κ3) is 4.51. The summed E-state index contributed by atoms with van der Waals surface area (Å²) >= 11 is 7.67. The van der Waals surface area contributed by atoms with Crippen LogP contribution < -0.4 is 5.32 Å². The summed E-state index contributed by atoms with van der Waals surface area (Å²) in [4.78, 5) is 0.912. The van der Waals surface area contributed by atoms with Crippen LogP contribution in [0.2, 0.25) is 5.02 Å². The predicted octanol–water partition coefficient (Wildman–Crippen LogP) is 4.07. The maximum absolute atomic E-state index is 6.30. The monoisotopic (exact) mass is 311 g/mol. The first-order valence-corrected chi connectivity index (χ1v) is 7.54. The summed E-state index contributed by atoms with van der Waals surface area (Å²) in [5, 5.41) is 12.4. The number of benzene rings is 1. The van der Waals surface area contributed by atoms with E-state index in [0.717, 1.165) is 17.0 Å². The summed E-state index contributed by atoms with van der Waals surface area (Å²) in [5.74, 6) is 0.551. The molecular formula is C14H18ClN3OS. The van der Waals surface area contributed by atoms with Crippen LogP contribution in [0.5, 0.6) is 0 Å². The molecule has 2 rings (SSSR count). The normalized spacial score (nSPS) is 11.8. The van der Waals surface area contributed by atoms with E-state index in [-0.39, 0.29) is 5.54 Å². The van der Waals surface area contributed by atoms with Gasteiger partial charge >= 0.3 is 0 Å². The molecule has 1 aromatic carbocycles. The van der Waals surface area contributed by atoms with Crippen molar-refractivity contribution in [3.63, 3.8) is 0 Å². The lowest BCUT2D eigenvalue weighted by Crippen LogP contribution is -2.35. The third-order valence-corrected chi connectivity index (χ3v) is 3.86. The van der Waals surface area contributed by atoms with E-state index in [1.807, 2.05) is 12.1 Å². The average molecular weight is 312 g/mol. The van der Waals surface area contributed by atoms with Gasteiger partial charge in [0.25, 0.3) is 5.22 Å². The van der Waals surface area contributed by atoms with E-state index in [1.165, 1.54) is 11.8 Å². The van der Waals surface area contributed by atoms with Gasteiger partial charge in [-0.05, 0) is 50.2 Å². The van der Waals surface area contributed by atoms with Crippen molar-refractivity contribution in [1.82, 2.24) is 15.5 Å². The summed E-state index contributed by atoms with van der Waals surface area (Å²) in [6.45, 7) is 8.96. The number of nitrogens with one attached hydrogen (secondary N) is 1. The number of halogens is 1. The number of nitrogens with zero attached hydrogens (tertiary/aromatic N) is 2. The molecule has 20 heavy (non-hydrogen) atoms. The molecule has 0 radical (unpaired) electrons. The zero-order valence-corrected chi connectivity index (χ0v) is 13.6. The second-order valence-corrected chi connectivity index (χ2v) is 6.96. The molecule has 0 aliphatic rings. The standard InChI is InChI=1S/C14H18ClN3OS/c1-9-17-18-13(19-9)20-12-6-5-10(7-11(12)15)8-16-14(2,3)4/h5-7,16H,8H2,1-4H3. The fraction of sp³-hybridized carbons (Fsp3) is 0.429. The van der Waals surface area contributed by atoms with Crippen molar-refractivity contribution in [2.45, 2.75) is 49.9 Å². The van der Waals surface area contributed by atoms with Crippen LogP contribution >= 0.6 is 23.4 Å². The number of aryl methyl sites for hydroxylation is 1. The molecule has 0 atom stereocenters. The smallest absolute Gasteiger partial charge is 0.281 e. The van der Waals surface area contributed by atoms with Gasteiger partial charge in [0.1, 0.15) is 0 Å². The van der Waals surface area contributed by atoms with Crippen molar-refractivity contribution >= 4 is 23.4 Å². The Labute approximate surface area is 128 Å². The highest BCUT2D eigenvalue weighted by Gasteiger charge is 2.11. The first-order valence-electron chi connectivity index (χ1n) is 6.35. The highest BCUT2D eigenvalue weighted by Crippen LogP contribution is 2.33. The molecule has 6 heteroatoms. The van der Waals surface area contributed by atoms with E-state index >= 15 is 0 Å². The Hall–Kier alpha value is -1.04. The lowest BCUT2D eigenvalue weighted by Gasteiger charge is -2.20. The molecule has 4 nitrogen and oxygen atoms in total. The van der Waals surface area contributed by atoms with Gasteiger partial charge in [-0.1, -0.05) is 17.7 Å². The maximum Gasteiger partial charge on any atom is 0.281 e. The molecule has 0 bridgehead atoms. The Balaban J connectivity index is 2.06. The second kappa shape index (κ2) is 6.16. The fourth-order valence-corrected chi connectivity index (χ4v) is 2.56. The van der Waals surface area contributed by atoms with Crippen molar-refractivity contribution in [2.24, 2.45) is 0 Å². The lowest BCUT2D eigenvalue weighted by molar-refractivity contribution is 0.424. The predicted molar refractivity (Wildman–Crippen MR) is 81.2 cm³/mol. The molecule has 0 fully saturated rings. The summed E-state index contributed by atoms with van der Waals surface area (Å²) in [6.07, 6.45) is 0. The largest absolute Gasteiger partial charge is 0.416 e. The van der Waals surface area contributed by atoms with Crippen LogP contribution in [0.15, 0.2) is 32.7 Å². The van der Waals surface area contributed by atoms with Crippen molar-refractivity contribution in [3.05, 3.63) is 34.7 Å². The van der Waals surface area contributed by atoms with E-state index < -0.39 is 0 Å². The van der Waals surface area contributed by atoms with Crippen LogP contribution in [-0.4, -0.2) is 15.7 Å². The molecule has 0 saturated heterocycles. The van der Waals surface area contributed by atoms with Gasteiger partial charge in [-0.2, -0.15) is 0 Å². The molecule has 108 valence electrons. The number of aromatic nitrogens is 2. The van der Waals surface area contributed by atoms with Crippen LogP contribution in [0.3, 0.4) is 0 Å². The molecule has 0 aliphatic heterocycles. The molecule has 0 aliphatic carbocycles. The van der Waals surface area contributed by atoms with Crippen LogP contribution in [-0.2, 0) is 6.54 Å². The van der Waals surface area contributed by atoms with Gasteiger partial charge in [-0.3, -0.25) is 0 Å². The SMILES string of the molecule is Cc1nnc(Sc2ccc(CNC(C)(C)C)cc2Cl)o1. The molecule has 1 aromatic heterocycles. The highest BCUT2D eigenvalue weighted by atomic mass is 35.5. The second-order valence-electron chi connectivity index (χ2n) is 5.56. The molecule has 1 heterocycles. The van der Waals surface area contributed by atoms with Crippen LogP contribution in [0.25, 0.3) is 0 Å². The van der Waals surface area contributed by atoms with Crippen molar-refractivity contribution in [3.8, 4) is 0 Å². The van der Waals surface area contributed by atoms with Gasteiger partial charge < -0.3 is 9.73 Å². The summed E-state index contributed by atoms with van der Waals surface area (Å²) in [7, 11) is 0. The van der Waals surface area contributed by atoms with Crippen LogP contribution in [0.4, 0.5) is 0 Å². The number of hydrogen-bond acceptors (Lipinski definition) is 5. The minimum absolute atomic E-state index is 0.0845. The van der Waals surface area contributed by atoms with Gasteiger partial charge in [0.2, 0.25) is 5.89 Å². The van der Waals surface area contributed by atoms with Gasteiger partial charge in [-0.15, -0.1) is 10.2 Å². The lowest BCUT2D eigenvalue weighted by atomic mass is 10.1. The van der Waals surface area contributed by atoms with Gasteiger partial charge in [0.05, 0.1) is 5.02 Å². The van der Waals surface area contributed by atoms with E-state index in [1.54, 1.807) is 6.92 Å². The van der Waals surface area contributed by atoms with Gasteiger partial charge in [-0.25, -0.2) is 0 Å². The minimum atomic E-state index is 0.0845. The Kier molecular flexibility index (Phi) is 4.73. The van der Waals surface area contributed by atoms with E-state index in [9.17, 15) is 0 Å². The van der Waals surface area contributed by atoms with E-state index in [4.69, 9.17) is 16.0 Å². The fourth-order valence-electron chi connectivity index (χ4n) is 1.52. The van der Waals surface area contributed by atoms with E-state index in [0.29, 0.717) is 16.1 Å². The quantitative estimate of drug-likeness (QED) is 0.922. The molecule has 0 amide bonds. The minimum Gasteiger partial charge on any atom is -0.416 e. The molecule has 2 aromatic rings. The number of hydrogen-bond donors (Lipinski definition) is 1. The molecule has 0 saturated carbocycles. The Morgan fingerprint density at radius 2 is 2.05 bits per heavy atom.